The summed E-state index contributed by atoms with van der Waals surface area (Å²) in [6.45, 7) is 4.73. The average Bonchev–Trinajstić information content (AvgIpc) is 2.38. The third-order valence-corrected chi connectivity index (χ3v) is 3.41. The second kappa shape index (κ2) is 5.40. The van der Waals surface area contributed by atoms with Crippen LogP contribution in [0.5, 0.6) is 5.75 Å². The van der Waals surface area contributed by atoms with Crippen LogP contribution in [0.4, 0.5) is 0 Å². The summed E-state index contributed by atoms with van der Waals surface area (Å²) in [5, 5.41) is 0. The molecule has 4 heteroatoms. The highest BCUT2D eigenvalue weighted by molar-refractivity contribution is 5.94. The van der Waals surface area contributed by atoms with Gasteiger partial charge in [-0.25, -0.2) is 0 Å². The molecular weight excluding hydrogens is 228 g/mol. The predicted molar refractivity (Wildman–Crippen MR) is 71.0 cm³/mol. The molecule has 0 bridgehead atoms. The Balaban J connectivity index is 2.15. The van der Waals surface area contributed by atoms with Gasteiger partial charge in [0.1, 0.15) is 5.75 Å². The van der Waals surface area contributed by atoms with Gasteiger partial charge in [-0.2, -0.15) is 0 Å². The van der Waals surface area contributed by atoms with E-state index in [4.69, 9.17) is 4.74 Å². The van der Waals surface area contributed by atoms with Gasteiger partial charge in [-0.15, -0.1) is 0 Å². The highest BCUT2D eigenvalue weighted by Crippen LogP contribution is 2.17. The van der Waals surface area contributed by atoms with Crippen molar-refractivity contribution < 1.29 is 9.53 Å². The van der Waals surface area contributed by atoms with Crippen LogP contribution < -0.4 is 4.74 Å². The lowest BCUT2D eigenvalue weighted by atomic mass is 10.1. The lowest BCUT2D eigenvalue weighted by molar-refractivity contribution is 0.0533. The van der Waals surface area contributed by atoms with Gasteiger partial charge in [0.15, 0.2) is 0 Å². The zero-order chi connectivity index (χ0) is 13.1. The summed E-state index contributed by atoms with van der Waals surface area (Å²) in [7, 11) is 3.70. The number of carbonyl (C=O) groups excluding carboxylic acids is 1. The van der Waals surface area contributed by atoms with Crippen LogP contribution in [0.3, 0.4) is 0 Å². The van der Waals surface area contributed by atoms with Crippen LogP contribution in [0.15, 0.2) is 24.3 Å². The Morgan fingerprint density at radius 3 is 2.83 bits per heavy atom. The highest BCUT2D eigenvalue weighted by Gasteiger charge is 2.26. The molecule has 1 aromatic rings. The lowest BCUT2D eigenvalue weighted by Gasteiger charge is -2.38. The fourth-order valence-electron chi connectivity index (χ4n) is 2.36. The fourth-order valence-corrected chi connectivity index (χ4v) is 2.36. The number of piperazine rings is 1. The highest BCUT2D eigenvalue weighted by atomic mass is 16.5. The maximum absolute atomic E-state index is 12.4. The van der Waals surface area contributed by atoms with Gasteiger partial charge in [0.05, 0.1) is 7.11 Å². The summed E-state index contributed by atoms with van der Waals surface area (Å²) in [5.74, 6) is 0.817. The van der Waals surface area contributed by atoms with Crippen LogP contribution in [-0.4, -0.2) is 55.5 Å². The van der Waals surface area contributed by atoms with E-state index in [2.05, 4.69) is 18.9 Å². The largest absolute Gasteiger partial charge is 0.497 e. The molecule has 1 heterocycles. The van der Waals surface area contributed by atoms with Crippen LogP contribution in [0.1, 0.15) is 17.3 Å². The molecule has 0 saturated carbocycles. The number of benzene rings is 1. The second-order valence-corrected chi connectivity index (χ2v) is 4.84. The fraction of sp³-hybridized carbons (Fsp3) is 0.500. The van der Waals surface area contributed by atoms with E-state index in [1.807, 2.05) is 23.1 Å². The first-order valence-electron chi connectivity index (χ1n) is 6.25. The molecule has 0 spiro atoms. The molecule has 1 unspecified atom stereocenters. The molecule has 98 valence electrons. The first kappa shape index (κ1) is 12.9. The first-order chi connectivity index (χ1) is 8.61. The van der Waals surface area contributed by atoms with Gasteiger partial charge >= 0.3 is 0 Å². The van der Waals surface area contributed by atoms with Crippen molar-refractivity contribution in [2.45, 2.75) is 13.0 Å². The summed E-state index contributed by atoms with van der Waals surface area (Å²) >= 11 is 0. The van der Waals surface area contributed by atoms with Crippen molar-refractivity contribution in [3.8, 4) is 5.75 Å². The number of hydrogen-bond donors (Lipinski definition) is 0. The Kier molecular flexibility index (Phi) is 3.87. The Morgan fingerprint density at radius 2 is 2.17 bits per heavy atom. The van der Waals surface area contributed by atoms with E-state index in [-0.39, 0.29) is 11.9 Å². The number of methoxy groups -OCH3 is 1. The van der Waals surface area contributed by atoms with Gasteiger partial charge in [0.25, 0.3) is 5.91 Å². The smallest absolute Gasteiger partial charge is 0.254 e. The standard InChI is InChI=1S/C14H20N2O2/c1-11-10-15(2)7-8-16(11)14(17)12-5-4-6-13(9-12)18-3/h4-6,9,11H,7-8,10H2,1-3H3. The van der Waals surface area contributed by atoms with Crippen LogP contribution in [0.25, 0.3) is 0 Å². The third-order valence-electron chi connectivity index (χ3n) is 3.41. The van der Waals surface area contributed by atoms with E-state index >= 15 is 0 Å². The Morgan fingerprint density at radius 1 is 1.39 bits per heavy atom. The topological polar surface area (TPSA) is 32.8 Å². The normalized spacial score (nSPS) is 20.8. The molecule has 0 radical (unpaired) electrons. The van der Waals surface area contributed by atoms with Crippen LogP contribution in [0, 0.1) is 0 Å². The van der Waals surface area contributed by atoms with Crippen molar-refractivity contribution in [3.63, 3.8) is 0 Å². The van der Waals surface area contributed by atoms with Gasteiger partial charge < -0.3 is 14.5 Å². The van der Waals surface area contributed by atoms with Crippen molar-refractivity contribution in [2.75, 3.05) is 33.8 Å². The number of ether oxygens (including phenoxy) is 1. The zero-order valence-corrected chi connectivity index (χ0v) is 11.2. The minimum absolute atomic E-state index is 0.0921. The Bertz CT molecular complexity index is 434. The maximum Gasteiger partial charge on any atom is 0.254 e. The molecule has 18 heavy (non-hydrogen) atoms. The number of carbonyl (C=O) groups is 1. The van der Waals surface area contributed by atoms with Gasteiger partial charge in [0.2, 0.25) is 0 Å². The molecule has 1 aliphatic heterocycles. The van der Waals surface area contributed by atoms with E-state index in [9.17, 15) is 4.79 Å². The van der Waals surface area contributed by atoms with Gasteiger partial charge in [-0.1, -0.05) is 6.07 Å². The molecule has 1 saturated heterocycles. The van der Waals surface area contributed by atoms with E-state index in [0.29, 0.717) is 5.56 Å². The average molecular weight is 248 g/mol. The van der Waals surface area contributed by atoms with Gasteiger partial charge in [-0.3, -0.25) is 4.79 Å². The molecule has 0 aromatic heterocycles. The second-order valence-electron chi connectivity index (χ2n) is 4.84. The lowest BCUT2D eigenvalue weighted by Crippen LogP contribution is -2.52. The van der Waals surface area contributed by atoms with Gasteiger partial charge in [0, 0.05) is 31.2 Å². The first-order valence-corrected chi connectivity index (χ1v) is 6.25. The van der Waals surface area contributed by atoms with Crippen LogP contribution in [-0.2, 0) is 0 Å². The zero-order valence-electron chi connectivity index (χ0n) is 11.2. The molecule has 0 aliphatic carbocycles. The number of likely N-dealkylation sites (N-methyl/N-ethyl adjacent to an activating group) is 1. The Labute approximate surface area is 108 Å². The number of rotatable bonds is 2. The summed E-state index contributed by atoms with van der Waals surface area (Å²) < 4.78 is 5.16. The number of amides is 1. The molecule has 1 amide bonds. The summed E-state index contributed by atoms with van der Waals surface area (Å²) in [4.78, 5) is 16.6. The van der Waals surface area contributed by atoms with Crippen molar-refractivity contribution >= 4 is 5.91 Å². The van der Waals surface area contributed by atoms with E-state index < -0.39 is 0 Å². The summed E-state index contributed by atoms with van der Waals surface area (Å²) in [5.41, 5.74) is 0.700. The molecule has 1 aliphatic rings. The molecule has 4 nitrogen and oxygen atoms in total. The quantitative estimate of drug-likeness (QED) is 0.794. The van der Waals surface area contributed by atoms with Crippen LogP contribution >= 0.6 is 0 Å². The number of hydrogen-bond acceptors (Lipinski definition) is 3. The molecule has 0 N–H and O–H groups in total. The number of nitrogens with zero attached hydrogens (tertiary/aromatic N) is 2. The van der Waals surface area contributed by atoms with Gasteiger partial charge in [-0.05, 0) is 32.2 Å². The molecular formula is C14H20N2O2. The minimum Gasteiger partial charge on any atom is -0.497 e. The Hall–Kier alpha value is -1.55. The van der Waals surface area contributed by atoms with E-state index in [1.165, 1.54) is 0 Å². The molecule has 1 atom stereocenters. The van der Waals surface area contributed by atoms with E-state index in [0.717, 1.165) is 25.4 Å². The maximum atomic E-state index is 12.4. The van der Waals surface area contributed by atoms with Crippen LogP contribution in [0.2, 0.25) is 0 Å². The summed E-state index contributed by atoms with van der Waals surface area (Å²) in [6, 6.07) is 7.60. The molecule has 2 rings (SSSR count). The monoisotopic (exact) mass is 248 g/mol. The minimum atomic E-state index is 0.0921. The third kappa shape index (κ3) is 2.64. The van der Waals surface area contributed by atoms with Crippen molar-refractivity contribution in [2.24, 2.45) is 0 Å². The molecule has 1 fully saturated rings. The summed E-state index contributed by atoms with van der Waals surface area (Å²) in [6.07, 6.45) is 0. The van der Waals surface area contributed by atoms with Crippen molar-refractivity contribution in [1.29, 1.82) is 0 Å². The SMILES string of the molecule is COc1cccc(C(=O)N2CCN(C)CC2C)c1. The van der Waals surface area contributed by atoms with Crippen molar-refractivity contribution in [3.05, 3.63) is 29.8 Å². The van der Waals surface area contributed by atoms with Crippen molar-refractivity contribution in [1.82, 2.24) is 9.80 Å². The molecule has 1 aromatic carbocycles. The predicted octanol–water partition coefficient (Wildman–Crippen LogP) is 1.47. The van der Waals surface area contributed by atoms with E-state index in [1.54, 1.807) is 13.2 Å².